The number of aromatic nitrogens is 2. The zero-order valence-corrected chi connectivity index (χ0v) is 18.3. The van der Waals surface area contributed by atoms with Crippen LogP contribution in [0.5, 0.6) is 0 Å². The number of sulfonamides is 1. The second-order valence-electron chi connectivity index (χ2n) is 8.06. The van der Waals surface area contributed by atoms with Gasteiger partial charge in [0.15, 0.2) is 0 Å². The molecule has 0 bridgehead atoms. The van der Waals surface area contributed by atoms with Crippen LogP contribution in [0, 0.1) is 0 Å². The van der Waals surface area contributed by atoms with Gasteiger partial charge >= 0.3 is 0 Å². The highest BCUT2D eigenvalue weighted by Gasteiger charge is 2.27. The van der Waals surface area contributed by atoms with Crippen LogP contribution in [0.25, 0.3) is 21.9 Å². The molecule has 0 unspecified atom stereocenters. The van der Waals surface area contributed by atoms with Crippen molar-refractivity contribution in [3.63, 3.8) is 0 Å². The van der Waals surface area contributed by atoms with E-state index in [9.17, 15) is 8.42 Å². The highest BCUT2D eigenvalue weighted by Crippen LogP contribution is 2.29. The lowest BCUT2D eigenvalue weighted by atomic mass is 10.0. The summed E-state index contributed by atoms with van der Waals surface area (Å²) in [6, 6.07) is 19.8. The molecule has 2 aromatic heterocycles. The Morgan fingerprint density at radius 2 is 1.72 bits per heavy atom. The Balaban J connectivity index is 1.23. The molecule has 2 aromatic carbocycles. The van der Waals surface area contributed by atoms with Gasteiger partial charge in [-0.3, -0.25) is 9.97 Å². The lowest BCUT2D eigenvalue weighted by Crippen LogP contribution is -2.37. The van der Waals surface area contributed by atoms with E-state index in [1.54, 1.807) is 36.8 Å². The van der Waals surface area contributed by atoms with E-state index in [0.717, 1.165) is 29.4 Å². The Bertz CT molecular complexity index is 1320. The van der Waals surface area contributed by atoms with Crippen molar-refractivity contribution in [1.29, 1.82) is 0 Å². The molecule has 1 fully saturated rings. The van der Waals surface area contributed by atoms with Crippen LogP contribution < -0.4 is 10.0 Å². The van der Waals surface area contributed by atoms with Crippen LogP contribution in [0.2, 0.25) is 0 Å². The summed E-state index contributed by atoms with van der Waals surface area (Å²) in [6.45, 7) is 0.355. The molecule has 0 spiro atoms. The molecule has 0 radical (unpaired) electrons. The van der Waals surface area contributed by atoms with Gasteiger partial charge in [0.1, 0.15) is 0 Å². The lowest BCUT2D eigenvalue weighted by molar-refractivity contribution is 0.529. The van der Waals surface area contributed by atoms with Crippen molar-refractivity contribution >= 4 is 20.8 Å². The van der Waals surface area contributed by atoms with Crippen molar-refractivity contribution in [2.45, 2.75) is 29.8 Å². The summed E-state index contributed by atoms with van der Waals surface area (Å²) in [4.78, 5) is 8.54. The maximum absolute atomic E-state index is 13.0. The number of benzene rings is 2. The Labute approximate surface area is 187 Å². The molecule has 3 heterocycles. The van der Waals surface area contributed by atoms with E-state index in [2.05, 4.69) is 44.3 Å². The number of rotatable bonds is 6. The van der Waals surface area contributed by atoms with Crippen LogP contribution >= 0.6 is 0 Å². The maximum Gasteiger partial charge on any atom is 0.241 e. The number of hydrogen-bond acceptors (Lipinski definition) is 5. The third-order valence-corrected chi connectivity index (χ3v) is 7.48. The van der Waals surface area contributed by atoms with Gasteiger partial charge in [-0.2, -0.15) is 0 Å². The fourth-order valence-electron chi connectivity index (χ4n) is 4.30. The van der Waals surface area contributed by atoms with Crippen molar-refractivity contribution < 1.29 is 8.42 Å². The van der Waals surface area contributed by atoms with Gasteiger partial charge in [0, 0.05) is 54.2 Å². The number of nitrogens with zero attached hydrogens (tertiary/aromatic N) is 2. The first-order valence-electron chi connectivity index (χ1n) is 10.7. The average molecular weight is 445 g/mol. The second-order valence-corrected chi connectivity index (χ2v) is 9.80. The topological polar surface area (TPSA) is 84.0 Å². The Kier molecular flexibility index (Phi) is 5.70. The Morgan fingerprint density at radius 1 is 0.875 bits per heavy atom. The smallest absolute Gasteiger partial charge is 0.241 e. The average Bonchev–Trinajstić information content (AvgIpc) is 3.32. The molecule has 1 saturated heterocycles. The normalized spacial score (nSPS) is 18.8. The summed E-state index contributed by atoms with van der Waals surface area (Å²) >= 11 is 0. The molecule has 4 aromatic rings. The molecule has 0 saturated carbocycles. The van der Waals surface area contributed by atoms with E-state index < -0.39 is 10.0 Å². The van der Waals surface area contributed by atoms with Crippen LogP contribution in [-0.2, 0) is 10.0 Å². The minimum Gasteiger partial charge on any atom is -0.306 e. The fraction of sp³-hybridized carbons (Fsp3) is 0.200. The quantitative estimate of drug-likeness (QED) is 0.468. The van der Waals surface area contributed by atoms with E-state index in [0.29, 0.717) is 11.9 Å². The van der Waals surface area contributed by atoms with Crippen LogP contribution in [0.1, 0.15) is 24.4 Å². The SMILES string of the molecule is O=S(=O)(NC[C@@H]1CC[C@H](c2ccc(-c3cccnc3)cc2)N1)c1cccc2cnccc12. The summed E-state index contributed by atoms with van der Waals surface area (Å²) in [5.74, 6) is 0. The van der Waals surface area contributed by atoms with Crippen LogP contribution in [0.3, 0.4) is 0 Å². The maximum atomic E-state index is 13.0. The van der Waals surface area contributed by atoms with Gasteiger partial charge in [0.2, 0.25) is 10.0 Å². The highest BCUT2D eigenvalue weighted by atomic mass is 32.2. The fourth-order valence-corrected chi connectivity index (χ4v) is 5.61. The molecule has 162 valence electrons. The molecule has 2 atom stereocenters. The number of pyridine rings is 2. The summed E-state index contributed by atoms with van der Waals surface area (Å²) in [7, 11) is -3.62. The monoisotopic (exact) mass is 444 g/mol. The van der Waals surface area contributed by atoms with Gasteiger partial charge in [-0.05, 0) is 47.7 Å². The van der Waals surface area contributed by atoms with E-state index in [-0.39, 0.29) is 17.0 Å². The standard InChI is InChI=1S/C25H24N4O2S/c30-32(31,25-5-1-3-21-16-27-14-12-23(21)25)28-17-22-10-11-24(29-22)19-8-6-18(7-9-19)20-4-2-13-26-15-20/h1-9,12-16,22,24,28-29H,10-11,17H2/t22-,24+/m0/s1. The van der Waals surface area contributed by atoms with Crippen LogP contribution in [0.15, 0.2) is 90.3 Å². The van der Waals surface area contributed by atoms with E-state index in [4.69, 9.17) is 0 Å². The molecule has 7 heteroatoms. The molecule has 1 aliphatic rings. The first-order valence-corrected chi connectivity index (χ1v) is 12.2. The van der Waals surface area contributed by atoms with Crippen LogP contribution in [0.4, 0.5) is 0 Å². The third-order valence-electron chi connectivity index (χ3n) is 6.00. The summed E-state index contributed by atoms with van der Waals surface area (Å²) < 4.78 is 28.7. The molecule has 2 N–H and O–H groups in total. The minimum atomic E-state index is -3.62. The first kappa shape index (κ1) is 20.8. The van der Waals surface area contributed by atoms with Gasteiger partial charge in [-0.25, -0.2) is 13.1 Å². The largest absolute Gasteiger partial charge is 0.306 e. The zero-order chi connectivity index (χ0) is 22.0. The van der Waals surface area contributed by atoms with Crippen molar-refractivity contribution in [1.82, 2.24) is 20.0 Å². The summed E-state index contributed by atoms with van der Waals surface area (Å²) in [5, 5.41) is 5.07. The van der Waals surface area contributed by atoms with Gasteiger partial charge in [0.05, 0.1) is 4.90 Å². The van der Waals surface area contributed by atoms with Gasteiger partial charge in [-0.1, -0.05) is 42.5 Å². The molecule has 0 amide bonds. The van der Waals surface area contributed by atoms with Crippen molar-refractivity contribution in [3.05, 3.63) is 91.0 Å². The minimum absolute atomic E-state index is 0.0874. The molecule has 1 aliphatic heterocycles. The van der Waals surface area contributed by atoms with E-state index in [1.807, 2.05) is 24.4 Å². The van der Waals surface area contributed by atoms with Crippen LogP contribution in [-0.4, -0.2) is 31.0 Å². The Hall–Kier alpha value is -3.13. The van der Waals surface area contributed by atoms with Gasteiger partial charge in [-0.15, -0.1) is 0 Å². The predicted molar refractivity (Wildman–Crippen MR) is 126 cm³/mol. The van der Waals surface area contributed by atoms with Gasteiger partial charge < -0.3 is 5.32 Å². The lowest BCUT2D eigenvalue weighted by Gasteiger charge is -2.16. The Morgan fingerprint density at radius 3 is 2.53 bits per heavy atom. The number of hydrogen-bond donors (Lipinski definition) is 2. The molecule has 6 nitrogen and oxygen atoms in total. The number of nitrogens with one attached hydrogen (secondary N) is 2. The summed E-state index contributed by atoms with van der Waals surface area (Å²) in [6.07, 6.45) is 8.81. The van der Waals surface area contributed by atoms with Crippen molar-refractivity contribution in [2.24, 2.45) is 0 Å². The van der Waals surface area contributed by atoms with E-state index >= 15 is 0 Å². The molecular weight excluding hydrogens is 420 g/mol. The molecular formula is C25H24N4O2S. The van der Waals surface area contributed by atoms with Crippen molar-refractivity contribution in [2.75, 3.05) is 6.54 Å². The zero-order valence-electron chi connectivity index (χ0n) is 17.5. The number of fused-ring (bicyclic) bond motifs is 1. The molecule has 5 rings (SSSR count). The molecule has 0 aliphatic carbocycles. The second kappa shape index (κ2) is 8.78. The third kappa shape index (κ3) is 4.27. The van der Waals surface area contributed by atoms with Crippen molar-refractivity contribution in [3.8, 4) is 11.1 Å². The molecule has 32 heavy (non-hydrogen) atoms. The van der Waals surface area contributed by atoms with E-state index in [1.165, 1.54) is 5.56 Å². The summed E-state index contributed by atoms with van der Waals surface area (Å²) in [5.41, 5.74) is 3.44. The first-order chi connectivity index (χ1) is 15.6. The predicted octanol–water partition coefficient (Wildman–Crippen LogP) is 4.07. The van der Waals surface area contributed by atoms with Gasteiger partial charge in [0.25, 0.3) is 0 Å². The highest BCUT2D eigenvalue weighted by molar-refractivity contribution is 7.89.